The topological polar surface area (TPSA) is 85.5 Å². The second kappa shape index (κ2) is 9.86. The van der Waals surface area contributed by atoms with Crippen molar-refractivity contribution in [2.75, 3.05) is 19.7 Å². The SMILES string of the molecule is CCOc1ccccc1C(=O)N1CCC[C@@](Cc2ccccc2-c2cccnc2)(C(N)=O)C1. The van der Waals surface area contributed by atoms with Gasteiger partial charge in [-0.25, -0.2) is 0 Å². The molecule has 1 fully saturated rings. The van der Waals surface area contributed by atoms with E-state index in [-0.39, 0.29) is 18.4 Å². The third-order valence-corrected chi connectivity index (χ3v) is 6.32. The van der Waals surface area contributed by atoms with Gasteiger partial charge in [0.1, 0.15) is 5.75 Å². The van der Waals surface area contributed by atoms with Crippen molar-refractivity contribution in [3.05, 3.63) is 84.2 Å². The Morgan fingerprint density at radius 3 is 2.64 bits per heavy atom. The highest BCUT2D eigenvalue weighted by Gasteiger charge is 2.43. The fourth-order valence-corrected chi connectivity index (χ4v) is 4.68. The van der Waals surface area contributed by atoms with Crippen molar-refractivity contribution < 1.29 is 14.3 Å². The summed E-state index contributed by atoms with van der Waals surface area (Å²) in [7, 11) is 0. The number of ether oxygens (including phenoxy) is 1. The lowest BCUT2D eigenvalue weighted by atomic mass is 9.73. The summed E-state index contributed by atoms with van der Waals surface area (Å²) in [5, 5.41) is 0. The average molecular weight is 444 g/mol. The standard InChI is InChI=1S/C27H29N3O3/c1-2-33-24-13-6-5-12-23(24)25(31)30-16-8-14-27(19-30,26(28)32)17-20-9-3-4-11-22(20)21-10-7-15-29-18-21/h3-7,9-13,15,18H,2,8,14,16-17,19H2,1H3,(H2,28,32)/t27-/m0/s1. The number of nitrogens with zero attached hydrogens (tertiary/aromatic N) is 2. The van der Waals surface area contributed by atoms with E-state index in [1.807, 2.05) is 61.7 Å². The highest BCUT2D eigenvalue weighted by molar-refractivity contribution is 5.97. The molecule has 1 atom stereocenters. The number of primary amides is 1. The monoisotopic (exact) mass is 443 g/mol. The van der Waals surface area contributed by atoms with Crippen molar-refractivity contribution in [2.45, 2.75) is 26.2 Å². The van der Waals surface area contributed by atoms with Gasteiger partial charge in [-0.1, -0.05) is 42.5 Å². The predicted octanol–water partition coefficient (Wildman–Crippen LogP) is 4.10. The number of carbonyl (C=O) groups is 2. The van der Waals surface area contributed by atoms with Crippen LogP contribution in [0.1, 0.15) is 35.7 Å². The van der Waals surface area contributed by atoms with Crippen LogP contribution in [0.4, 0.5) is 0 Å². The number of piperidine rings is 1. The molecule has 2 aromatic carbocycles. The fraction of sp³-hybridized carbons (Fsp3) is 0.296. The van der Waals surface area contributed by atoms with E-state index in [4.69, 9.17) is 10.5 Å². The van der Waals surface area contributed by atoms with Crippen LogP contribution in [0.15, 0.2) is 73.1 Å². The van der Waals surface area contributed by atoms with Crippen LogP contribution in [0.25, 0.3) is 11.1 Å². The largest absolute Gasteiger partial charge is 0.493 e. The average Bonchev–Trinajstić information content (AvgIpc) is 2.85. The minimum atomic E-state index is -0.840. The summed E-state index contributed by atoms with van der Waals surface area (Å²) in [5.41, 5.74) is 8.71. The van der Waals surface area contributed by atoms with Crippen molar-refractivity contribution in [1.29, 1.82) is 0 Å². The predicted molar refractivity (Wildman–Crippen MR) is 128 cm³/mol. The Labute approximate surface area is 194 Å². The number of para-hydroxylation sites is 1. The van der Waals surface area contributed by atoms with Crippen LogP contribution >= 0.6 is 0 Å². The van der Waals surface area contributed by atoms with E-state index in [1.54, 1.807) is 23.2 Å². The minimum Gasteiger partial charge on any atom is -0.493 e. The van der Waals surface area contributed by atoms with E-state index in [0.717, 1.165) is 16.7 Å². The van der Waals surface area contributed by atoms with Crippen LogP contribution in [0.3, 0.4) is 0 Å². The maximum atomic E-state index is 13.4. The third kappa shape index (κ3) is 4.75. The second-order valence-corrected chi connectivity index (χ2v) is 8.48. The molecule has 0 saturated carbocycles. The molecule has 0 unspecified atom stereocenters. The zero-order valence-corrected chi connectivity index (χ0v) is 18.9. The van der Waals surface area contributed by atoms with Gasteiger partial charge in [-0.15, -0.1) is 0 Å². The zero-order chi connectivity index (χ0) is 23.3. The van der Waals surface area contributed by atoms with Gasteiger partial charge in [0.05, 0.1) is 17.6 Å². The summed E-state index contributed by atoms with van der Waals surface area (Å²) < 4.78 is 5.66. The van der Waals surface area contributed by atoms with E-state index in [2.05, 4.69) is 4.98 Å². The van der Waals surface area contributed by atoms with E-state index in [1.165, 1.54) is 0 Å². The van der Waals surface area contributed by atoms with Crippen LogP contribution < -0.4 is 10.5 Å². The molecule has 1 aliphatic heterocycles. The number of amides is 2. The van der Waals surface area contributed by atoms with Gasteiger partial charge in [0.2, 0.25) is 5.91 Å². The summed E-state index contributed by atoms with van der Waals surface area (Å²) in [6, 6.07) is 19.1. The number of rotatable bonds is 7. The van der Waals surface area contributed by atoms with Crippen molar-refractivity contribution in [1.82, 2.24) is 9.88 Å². The minimum absolute atomic E-state index is 0.134. The fourth-order valence-electron chi connectivity index (χ4n) is 4.68. The molecule has 0 spiro atoms. The van der Waals surface area contributed by atoms with Crippen molar-refractivity contribution in [3.8, 4) is 16.9 Å². The number of nitrogens with two attached hydrogens (primary N) is 1. The molecule has 1 aromatic heterocycles. The molecule has 2 amide bonds. The lowest BCUT2D eigenvalue weighted by molar-refractivity contribution is -0.130. The number of benzene rings is 2. The molecule has 2 heterocycles. The number of hydrogen-bond acceptors (Lipinski definition) is 4. The first-order valence-corrected chi connectivity index (χ1v) is 11.3. The molecule has 6 heteroatoms. The molecular formula is C27H29N3O3. The maximum absolute atomic E-state index is 13.4. The summed E-state index contributed by atoms with van der Waals surface area (Å²) in [4.78, 5) is 32.3. The third-order valence-electron chi connectivity index (χ3n) is 6.32. The number of carbonyl (C=O) groups excluding carboxylic acids is 2. The molecule has 0 radical (unpaired) electrons. The molecule has 33 heavy (non-hydrogen) atoms. The van der Waals surface area contributed by atoms with E-state index < -0.39 is 5.41 Å². The summed E-state index contributed by atoms with van der Waals surface area (Å²) in [6.45, 7) is 3.22. The molecule has 0 bridgehead atoms. The highest BCUT2D eigenvalue weighted by atomic mass is 16.5. The van der Waals surface area contributed by atoms with E-state index in [0.29, 0.717) is 43.7 Å². The first-order valence-electron chi connectivity index (χ1n) is 11.3. The molecule has 4 rings (SSSR count). The first kappa shape index (κ1) is 22.5. The normalized spacial score (nSPS) is 18.0. The van der Waals surface area contributed by atoms with Gasteiger partial charge >= 0.3 is 0 Å². The molecule has 1 aliphatic rings. The first-order chi connectivity index (χ1) is 16.0. The summed E-state index contributed by atoms with van der Waals surface area (Å²) in [5.74, 6) is 0.0474. The summed E-state index contributed by atoms with van der Waals surface area (Å²) >= 11 is 0. The molecule has 3 aromatic rings. The van der Waals surface area contributed by atoms with Crippen LogP contribution in [-0.2, 0) is 11.2 Å². The quantitative estimate of drug-likeness (QED) is 0.596. The lowest BCUT2D eigenvalue weighted by Gasteiger charge is -2.41. The van der Waals surface area contributed by atoms with Gasteiger partial charge in [0, 0.05) is 31.0 Å². The number of likely N-dealkylation sites (tertiary alicyclic amines) is 1. The number of pyridine rings is 1. The van der Waals surface area contributed by atoms with E-state index >= 15 is 0 Å². The molecular weight excluding hydrogens is 414 g/mol. The lowest BCUT2D eigenvalue weighted by Crippen LogP contribution is -2.53. The Kier molecular flexibility index (Phi) is 6.73. The Balaban J connectivity index is 1.64. The van der Waals surface area contributed by atoms with Gasteiger partial charge in [-0.3, -0.25) is 14.6 Å². The molecule has 170 valence electrons. The molecule has 6 nitrogen and oxygen atoms in total. The smallest absolute Gasteiger partial charge is 0.257 e. The molecule has 1 saturated heterocycles. The van der Waals surface area contributed by atoms with Gasteiger partial charge in [-0.05, 0) is 55.5 Å². The van der Waals surface area contributed by atoms with Crippen molar-refractivity contribution in [2.24, 2.45) is 11.1 Å². The van der Waals surface area contributed by atoms with Crippen molar-refractivity contribution in [3.63, 3.8) is 0 Å². The van der Waals surface area contributed by atoms with Gasteiger partial charge in [-0.2, -0.15) is 0 Å². The zero-order valence-electron chi connectivity index (χ0n) is 18.9. The molecule has 2 N–H and O–H groups in total. The van der Waals surface area contributed by atoms with Gasteiger partial charge in [0.25, 0.3) is 5.91 Å². The Hall–Kier alpha value is -3.67. The Bertz CT molecular complexity index is 1130. The summed E-state index contributed by atoms with van der Waals surface area (Å²) in [6.07, 6.45) is 5.37. The van der Waals surface area contributed by atoms with Crippen LogP contribution in [0.5, 0.6) is 5.75 Å². The molecule has 0 aliphatic carbocycles. The number of aromatic nitrogens is 1. The van der Waals surface area contributed by atoms with Crippen molar-refractivity contribution >= 4 is 11.8 Å². The van der Waals surface area contributed by atoms with Gasteiger partial charge in [0.15, 0.2) is 0 Å². The second-order valence-electron chi connectivity index (χ2n) is 8.48. The van der Waals surface area contributed by atoms with Gasteiger partial charge < -0.3 is 15.4 Å². The number of hydrogen-bond donors (Lipinski definition) is 1. The van der Waals surface area contributed by atoms with Crippen LogP contribution in [0, 0.1) is 5.41 Å². The maximum Gasteiger partial charge on any atom is 0.257 e. The highest BCUT2D eigenvalue weighted by Crippen LogP contribution is 2.37. The Morgan fingerprint density at radius 1 is 1.09 bits per heavy atom. The Morgan fingerprint density at radius 2 is 1.88 bits per heavy atom. The van der Waals surface area contributed by atoms with E-state index in [9.17, 15) is 9.59 Å². The van der Waals surface area contributed by atoms with Crippen LogP contribution in [0.2, 0.25) is 0 Å². The van der Waals surface area contributed by atoms with Crippen LogP contribution in [-0.4, -0.2) is 41.4 Å².